The summed E-state index contributed by atoms with van der Waals surface area (Å²) in [5.74, 6) is 0.497. The minimum atomic E-state index is -0.0785. The van der Waals surface area contributed by atoms with E-state index in [0.717, 1.165) is 20.2 Å². The van der Waals surface area contributed by atoms with Gasteiger partial charge in [-0.05, 0) is 52.2 Å². The van der Waals surface area contributed by atoms with E-state index in [2.05, 4.69) is 37.9 Å². The van der Waals surface area contributed by atoms with Gasteiger partial charge in [0.2, 0.25) is 5.91 Å². The molecule has 0 bridgehead atoms. The van der Waals surface area contributed by atoms with Crippen molar-refractivity contribution in [2.75, 3.05) is 5.32 Å². The number of pyridine rings is 1. The van der Waals surface area contributed by atoms with E-state index in [0.29, 0.717) is 12.2 Å². The van der Waals surface area contributed by atoms with Gasteiger partial charge in [0.25, 0.3) is 0 Å². The Morgan fingerprint density at radius 2 is 2.10 bits per heavy atom. The monoisotopic (exact) mass is 377 g/mol. The molecule has 0 saturated carbocycles. The molecule has 5 heteroatoms. The van der Waals surface area contributed by atoms with Gasteiger partial charge in [0.1, 0.15) is 5.82 Å². The van der Waals surface area contributed by atoms with Gasteiger partial charge >= 0.3 is 0 Å². The quantitative estimate of drug-likeness (QED) is 0.688. The molecule has 1 amide bonds. The molecule has 4 nitrogen and oxygen atoms in total. The largest absolute Gasteiger partial charge is 0.358 e. The molecule has 2 N–H and O–H groups in total. The van der Waals surface area contributed by atoms with Crippen LogP contribution >= 0.6 is 22.6 Å². The summed E-state index contributed by atoms with van der Waals surface area (Å²) in [6.45, 7) is 0. The van der Waals surface area contributed by atoms with Gasteiger partial charge in [-0.2, -0.15) is 0 Å². The van der Waals surface area contributed by atoms with Gasteiger partial charge in [-0.1, -0.05) is 18.2 Å². The highest BCUT2D eigenvalue weighted by Crippen LogP contribution is 2.15. The number of halogens is 1. The van der Waals surface area contributed by atoms with Gasteiger partial charge in [0.15, 0.2) is 0 Å². The van der Waals surface area contributed by atoms with E-state index >= 15 is 0 Å². The van der Waals surface area contributed by atoms with Crippen LogP contribution in [0.4, 0.5) is 5.82 Å². The molecule has 1 aromatic carbocycles. The number of carbonyl (C=O) groups excluding carboxylic acids is 1. The number of H-pyrrole nitrogens is 1. The maximum absolute atomic E-state index is 12.0. The second-order valence-corrected chi connectivity index (χ2v) is 5.71. The first-order valence-electron chi connectivity index (χ1n) is 6.19. The van der Waals surface area contributed by atoms with Crippen LogP contribution in [0.2, 0.25) is 0 Å². The Bertz CT molecular complexity index is 716. The molecule has 0 atom stereocenters. The predicted molar refractivity (Wildman–Crippen MR) is 87.6 cm³/mol. The normalized spacial score (nSPS) is 10.7. The van der Waals surface area contributed by atoms with Crippen LogP contribution in [-0.4, -0.2) is 15.9 Å². The lowest BCUT2D eigenvalue weighted by atomic mass is 10.2. The molecule has 100 valence electrons. The first kappa shape index (κ1) is 13.1. The Morgan fingerprint density at radius 1 is 1.25 bits per heavy atom. The zero-order valence-corrected chi connectivity index (χ0v) is 12.7. The van der Waals surface area contributed by atoms with E-state index in [-0.39, 0.29) is 5.91 Å². The summed E-state index contributed by atoms with van der Waals surface area (Å²) < 4.78 is 1.04. The number of amides is 1. The van der Waals surface area contributed by atoms with Crippen LogP contribution < -0.4 is 5.32 Å². The maximum Gasteiger partial charge on any atom is 0.231 e. The van der Waals surface area contributed by atoms with Crippen LogP contribution in [0.3, 0.4) is 0 Å². The van der Waals surface area contributed by atoms with Crippen molar-refractivity contribution in [2.45, 2.75) is 6.42 Å². The average molecular weight is 377 g/mol. The van der Waals surface area contributed by atoms with Crippen LogP contribution in [0.25, 0.3) is 10.9 Å². The van der Waals surface area contributed by atoms with Crippen molar-refractivity contribution in [3.05, 3.63) is 57.9 Å². The minimum absolute atomic E-state index is 0.0785. The number of carbonyl (C=O) groups is 1. The first-order valence-corrected chi connectivity index (χ1v) is 7.26. The van der Waals surface area contributed by atoms with Crippen molar-refractivity contribution < 1.29 is 4.79 Å². The van der Waals surface area contributed by atoms with Crippen LogP contribution in [0.15, 0.2) is 48.7 Å². The van der Waals surface area contributed by atoms with Crippen molar-refractivity contribution in [1.82, 2.24) is 9.97 Å². The average Bonchev–Trinajstić information content (AvgIpc) is 2.83. The van der Waals surface area contributed by atoms with Crippen molar-refractivity contribution in [2.24, 2.45) is 0 Å². The summed E-state index contributed by atoms with van der Waals surface area (Å²) in [6, 6.07) is 13.7. The van der Waals surface area contributed by atoms with Gasteiger partial charge in [0.05, 0.1) is 6.42 Å². The molecular formula is C15H12IN3O. The Balaban J connectivity index is 1.70. The number of aromatic amines is 1. The summed E-state index contributed by atoms with van der Waals surface area (Å²) in [4.78, 5) is 19.4. The Labute approximate surface area is 129 Å². The molecule has 0 aliphatic heterocycles. The summed E-state index contributed by atoms with van der Waals surface area (Å²) >= 11 is 2.18. The van der Waals surface area contributed by atoms with Crippen LogP contribution in [0.1, 0.15) is 5.69 Å². The van der Waals surface area contributed by atoms with Crippen molar-refractivity contribution in [3.63, 3.8) is 0 Å². The fourth-order valence-corrected chi connectivity index (χ4v) is 2.36. The van der Waals surface area contributed by atoms with Crippen LogP contribution in [0, 0.1) is 3.57 Å². The topological polar surface area (TPSA) is 57.8 Å². The number of fused-ring (bicyclic) bond motifs is 1. The molecule has 0 aliphatic carbocycles. The summed E-state index contributed by atoms with van der Waals surface area (Å²) in [5.41, 5.74) is 1.94. The lowest BCUT2D eigenvalue weighted by Gasteiger charge is -2.03. The minimum Gasteiger partial charge on any atom is -0.358 e. The number of benzene rings is 1. The van der Waals surface area contributed by atoms with E-state index in [1.54, 1.807) is 12.3 Å². The smallest absolute Gasteiger partial charge is 0.231 e. The van der Waals surface area contributed by atoms with Gasteiger partial charge in [-0.15, -0.1) is 0 Å². The van der Waals surface area contributed by atoms with Gasteiger partial charge in [-0.3, -0.25) is 4.79 Å². The summed E-state index contributed by atoms with van der Waals surface area (Å²) in [7, 11) is 0. The molecule has 3 aromatic rings. The highest BCUT2D eigenvalue weighted by Gasteiger charge is 2.07. The number of anilines is 1. The second-order valence-electron chi connectivity index (χ2n) is 4.47. The van der Waals surface area contributed by atoms with Crippen molar-refractivity contribution in [3.8, 4) is 0 Å². The Hall–Kier alpha value is -1.89. The van der Waals surface area contributed by atoms with Crippen LogP contribution in [-0.2, 0) is 11.2 Å². The van der Waals surface area contributed by atoms with Crippen LogP contribution in [0.5, 0.6) is 0 Å². The van der Waals surface area contributed by atoms with Crippen molar-refractivity contribution in [1.29, 1.82) is 0 Å². The third kappa shape index (κ3) is 2.98. The predicted octanol–water partition coefficient (Wildman–Crippen LogP) is 3.35. The third-order valence-corrected chi connectivity index (χ3v) is 3.57. The van der Waals surface area contributed by atoms with Gasteiger partial charge in [-0.25, -0.2) is 4.98 Å². The molecular weight excluding hydrogens is 365 g/mol. The highest BCUT2D eigenvalue weighted by atomic mass is 127. The molecule has 0 fully saturated rings. The summed E-state index contributed by atoms with van der Waals surface area (Å²) in [6.07, 6.45) is 2.03. The van der Waals surface area contributed by atoms with Crippen molar-refractivity contribution >= 4 is 45.2 Å². The number of nitrogens with one attached hydrogen (secondary N) is 2. The van der Waals surface area contributed by atoms with E-state index in [1.165, 1.54) is 0 Å². The fourth-order valence-electron chi connectivity index (χ4n) is 2.04. The molecule has 0 spiro atoms. The molecule has 0 saturated heterocycles. The van der Waals surface area contributed by atoms with E-state index in [9.17, 15) is 4.79 Å². The van der Waals surface area contributed by atoms with Gasteiger partial charge in [0, 0.05) is 21.0 Å². The zero-order chi connectivity index (χ0) is 13.9. The number of hydrogen-bond acceptors (Lipinski definition) is 2. The number of aromatic nitrogens is 2. The Kier molecular flexibility index (Phi) is 3.68. The standard InChI is InChI=1S/C15H12IN3O/c16-11-5-6-14(17-9-11)19-15(20)8-12-7-10-3-1-2-4-13(10)18-12/h1-7,9,18H,8H2,(H,17,19,20). The van der Waals surface area contributed by atoms with Gasteiger partial charge < -0.3 is 10.3 Å². The molecule has 0 aliphatic rings. The SMILES string of the molecule is O=C(Cc1cc2ccccc2[nH]1)Nc1ccc(I)cn1. The summed E-state index contributed by atoms with van der Waals surface area (Å²) in [5, 5.41) is 3.90. The molecule has 20 heavy (non-hydrogen) atoms. The number of hydrogen-bond donors (Lipinski definition) is 2. The number of rotatable bonds is 3. The molecule has 0 radical (unpaired) electrons. The van der Waals surface area contributed by atoms with E-state index in [4.69, 9.17) is 0 Å². The second kappa shape index (κ2) is 5.62. The van der Waals surface area contributed by atoms with E-state index in [1.807, 2.05) is 36.4 Å². The lowest BCUT2D eigenvalue weighted by Crippen LogP contribution is -2.15. The molecule has 3 rings (SSSR count). The maximum atomic E-state index is 12.0. The lowest BCUT2D eigenvalue weighted by molar-refractivity contribution is -0.115. The Morgan fingerprint density at radius 3 is 2.85 bits per heavy atom. The third-order valence-electron chi connectivity index (χ3n) is 2.93. The zero-order valence-electron chi connectivity index (χ0n) is 10.6. The fraction of sp³-hybridized carbons (Fsp3) is 0.0667. The molecule has 0 unspecified atom stereocenters. The number of para-hydroxylation sites is 1. The molecule has 2 heterocycles. The molecule has 2 aromatic heterocycles. The first-order chi connectivity index (χ1) is 9.70. The highest BCUT2D eigenvalue weighted by molar-refractivity contribution is 14.1. The van der Waals surface area contributed by atoms with E-state index < -0.39 is 0 Å². The number of nitrogens with zero attached hydrogens (tertiary/aromatic N) is 1.